The van der Waals surface area contributed by atoms with Crippen LogP contribution in [0.4, 0.5) is 0 Å². The summed E-state index contributed by atoms with van der Waals surface area (Å²) in [5, 5.41) is 8.00. The number of likely N-dealkylation sites (N-methyl/N-ethyl adjacent to an activating group) is 1. The van der Waals surface area contributed by atoms with E-state index < -0.39 is 0 Å². The van der Waals surface area contributed by atoms with Crippen LogP contribution in [0.15, 0.2) is 12.4 Å². The Morgan fingerprint density at radius 1 is 1.32 bits per heavy atom. The average Bonchev–Trinajstić information content (AvgIpc) is 2.84. The van der Waals surface area contributed by atoms with Gasteiger partial charge in [0.15, 0.2) is 0 Å². The first-order valence-corrected chi connectivity index (χ1v) is 7.93. The number of nitrogens with one attached hydrogen (secondary N) is 1. The second-order valence-electron chi connectivity index (χ2n) is 6.08. The van der Waals surface area contributed by atoms with Crippen LogP contribution in [-0.2, 0) is 13.5 Å². The lowest BCUT2D eigenvalue weighted by Gasteiger charge is -2.34. The summed E-state index contributed by atoms with van der Waals surface area (Å²) in [5.41, 5.74) is 1.37. The van der Waals surface area contributed by atoms with Crippen molar-refractivity contribution in [3.8, 4) is 0 Å². The largest absolute Gasteiger partial charge is 0.314 e. The van der Waals surface area contributed by atoms with Gasteiger partial charge in [0.05, 0.1) is 6.20 Å². The molecule has 1 aromatic heterocycles. The quantitative estimate of drug-likeness (QED) is 0.854. The van der Waals surface area contributed by atoms with Gasteiger partial charge < -0.3 is 5.32 Å². The lowest BCUT2D eigenvalue weighted by Crippen LogP contribution is -2.39. The molecule has 3 heteroatoms. The van der Waals surface area contributed by atoms with Crippen LogP contribution in [0.3, 0.4) is 0 Å². The lowest BCUT2D eigenvalue weighted by atomic mass is 9.76. The Balaban J connectivity index is 1.92. The van der Waals surface area contributed by atoms with Crippen LogP contribution in [-0.4, -0.2) is 22.4 Å². The molecule has 1 unspecified atom stereocenters. The molecular formula is C16H29N3. The van der Waals surface area contributed by atoms with Crippen molar-refractivity contribution in [1.29, 1.82) is 0 Å². The van der Waals surface area contributed by atoms with Gasteiger partial charge in [-0.2, -0.15) is 5.10 Å². The van der Waals surface area contributed by atoms with E-state index in [9.17, 15) is 0 Å². The Bertz CT molecular complexity index is 364. The van der Waals surface area contributed by atoms with E-state index >= 15 is 0 Å². The average molecular weight is 263 g/mol. The number of hydrogen-bond donors (Lipinski definition) is 1. The van der Waals surface area contributed by atoms with E-state index in [1.54, 1.807) is 0 Å². The molecule has 0 aliphatic heterocycles. The van der Waals surface area contributed by atoms with E-state index in [1.165, 1.54) is 37.7 Å². The SMILES string of the molecule is CCNC(Cc1cnn(C)c1)C1CCC(CC)CC1. The van der Waals surface area contributed by atoms with Gasteiger partial charge in [-0.1, -0.05) is 33.1 Å². The van der Waals surface area contributed by atoms with Crippen LogP contribution in [0.25, 0.3) is 0 Å². The maximum Gasteiger partial charge on any atom is 0.0522 e. The van der Waals surface area contributed by atoms with Crippen LogP contribution in [0.1, 0.15) is 51.5 Å². The van der Waals surface area contributed by atoms with Gasteiger partial charge in [-0.15, -0.1) is 0 Å². The number of aromatic nitrogens is 2. The van der Waals surface area contributed by atoms with Gasteiger partial charge in [0.25, 0.3) is 0 Å². The Morgan fingerprint density at radius 2 is 2.05 bits per heavy atom. The Hall–Kier alpha value is -0.830. The van der Waals surface area contributed by atoms with Gasteiger partial charge in [-0.25, -0.2) is 0 Å². The van der Waals surface area contributed by atoms with E-state index in [1.807, 2.05) is 17.9 Å². The maximum absolute atomic E-state index is 4.29. The van der Waals surface area contributed by atoms with Crippen molar-refractivity contribution in [2.45, 2.75) is 58.4 Å². The molecule has 1 aliphatic carbocycles. The fraction of sp³-hybridized carbons (Fsp3) is 0.812. The normalized spacial score (nSPS) is 25.4. The third kappa shape index (κ3) is 4.07. The molecule has 0 bridgehead atoms. The highest BCUT2D eigenvalue weighted by molar-refractivity contribution is 5.07. The zero-order chi connectivity index (χ0) is 13.7. The van der Waals surface area contributed by atoms with Crippen LogP contribution in [0.2, 0.25) is 0 Å². The second-order valence-corrected chi connectivity index (χ2v) is 6.08. The molecule has 1 heterocycles. The van der Waals surface area contributed by atoms with E-state index in [4.69, 9.17) is 0 Å². The third-order valence-electron chi connectivity index (χ3n) is 4.72. The Kier molecular flexibility index (Phi) is 5.44. The molecule has 1 saturated carbocycles. The molecule has 1 fully saturated rings. The Morgan fingerprint density at radius 3 is 2.58 bits per heavy atom. The summed E-state index contributed by atoms with van der Waals surface area (Å²) < 4.78 is 1.91. The fourth-order valence-electron chi connectivity index (χ4n) is 3.50. The summed E-state index contributed by atoms with van der Waals surface area (Å²) in [5.74, 6) is 1.83. The smallest absolute Gasteiger partial charge is 0.0522 e. The van der Waals surface area contributed by atoms with Gasteiger partial charge >= 0.3 is 0 Å². The molecule has 1 N–H and O–H groups in total. The van der Waals surface area contributed by atoms with Crippen LogP contribution < -0.4 is 5.32 Å². The van der Waals surface area contributed by atoms with Gasteiger partial charge in [0, 0.05) is 19.3 Å². The van der Waals surface area contributed by atoms with E-state index in [0.29, 0.717) is 6.04 Å². The highest BCUT2D eigenvalue weighted by atomic mass is 15.2. The monoisotopic (exact) mass is 263 g/mol. The van der Waals surface area contributed by atoms with Gasteiger partial charge in [0.1, 0.15) is 0 Å². The van der Waals surface area contributed by atoms with Crippen molar-refractivity contribution in [2.24, 2.45) is 18.9 Å². The molecule has 1 atom stereocenters. The van der Waals surface area contributed by atoms with Crippen molar-refractivity contribution in [3.05, 3.63) is 18.0 Å². The summed E-state index contributed by atoms with van der Waals surface area (Å²) >= 11 is 0. The molecule has 2 rings (SSSR count). The van der Waals surface area contributed by atoms with E-state index in [0.717, 1.165) is 24.8 Å². The molecule has 108 valence electrons. The molecule has 3 nitrogen and oxygen atoms in total. The molecule has 0 saturated heterocycles. The van der Waals surface area contributed by atoms with Crippen molar-refractivity contribution in [3.63, 3.8) is 0 Å². The van der Waals surface area contributed by atoms with Crippen molar-refractivity contribution in [1.82, 2.24) is 15.1 Å². The summed E-state index contributed by atoms with van der Waals surface area (Å²) in [6.07, 6.45) is 12.3. The minimum Gasteiger partial charge on any atom is -0.314 e. The van der Waals surface area contributed by atoms with Crippen molar-refractivity contribution >= 4 is 0 Å². The van der Waals surface area contributed by atoms with Crippen LogP contribution in [0, 0.1) is 11.8 Å². The van der Waals surface area contributed by atoms with Crippen LogP contribution in [0.5, 0.6) is 0 Å². The predicted molar refractivity (Wildman–Crippen MR) is 80.1 cm³/mol. The lowest BCUT2D eigenvalue weighted by molar-refractivity contribution is 0.218. The minimum atomic E-state index is 0.631. The summed E-state index contributed by atoms with van der Waals surface area (Å²) in [6, 6.07) is 0.631. The van der Waals surface area contributed by atoms with Gasteiger partial charge in [-0.3, -0.25) is 4.68 Å². The molecule has 19 heavy (non-hydrogen) atoms. The third-order valence-corrected chi connectivity index (χ3v) is 4.72. The summed E-state index contributed by atoms with van der Waals surface area (Å²) in [4.78, 5) is 0. The fourth-order valence-corrected chi connectivity index (χ4v) is 3.50. The number of nitrogens with zero attached hydrogens (tertiary/aromatic N) is 2. The predicted octanol–water partition coefficient (Wildman–Crippen LogP) is 3.16. The van der Waals surface area contributed by atoms with E-state index in [-0.39, 0.29) is 0 Å². The molecule has 0 spiro atoms. The Labute approximate surface area is 117 Å². The molecule has 0 amide bonds. The molecule has 0 aromatic carbocycles. The zero-order valence-corrected chi connectivity index (χ0v) is 12.7. The molecule has 1 aromatic rings. The summed E-state index contributed by atoms with van der Waals surface area (Å²) in [6.45, 7) is 5.62. The zero-order valence-electron chi connectivity index (χ0n) is 12.7. The topological polar surface area (TPSA) is 29.9 Å². The number of hydrogen-bond acceptors (Lipinski definition) is 2. The standard InChI is InChI=1S/C16H29N3/c1-4-13-6-8-15(9-7-13)16(17-5-2)10-14-11-18-19(3)12-14/h11-13,15-17H,4-10H2,1-3H3. The van der Waals surface area contributed by atoms with Crippen molar-refractivity contribution < 1.29 is 0 Å². The summed E-state index contributed by atoms with van der Waals surface area (Å²) in [7, 11) is 2.00. The highest BCUT2D eigenvalue weighted by Gasteiger charge is 2.26. The van der Waals surface area contributed by atoms with Gasteiger partial charge in [0.2, 0.25) is 0 Å². The highest BCUT2D eigenvalue weighted by Crippen LogP contribution is 2.33. The molecular weight excluding hydrogens is 234 g/mol. The second kappa shape index (κ2) is 7.09. The first-order valence-electron chi connectivity index (χ1n) is 7.93. The first kappa shape index (κ1) is 14.6. The molecule has 0 radical (unpaired) electrons. The van der Waals surface area contributed by atoms with Crippen LogP contribution >= 0.6 is 0 Å². The number of aryl methyl sites for hydroxylation is 1. The maximum atomic E-state index is 4.29. The molecule has 1 aliphatic rings. The first-order chi connectivity index (χ1) is 9.22. The minimum absolute atomic E-state index is 0.631. The van der Waals surface area contributed by atoms with Crippen molar-refractivity contribution in [2.75, 3.05) is 6.54 Å². The number of rotatable bonds is 6. The van der Waals surface area contributed by atoms with E-state index in [2.05, 4.69) is 30.5 Å². The van der Waals surface area contributed by atoms with Gasteiger partial charge in [-0.05, 0) is 43.2 Å².